The third kappa shape index (κ3) is 3.80. The van der Waals surface area contributed by atoms with Crippen molar-refractivity contribution in [2.45, 2.75) is 59.3 Å². The van der Waals surface area contributed by atoms with Crippen LogP contribution in [0.3, 0.4) is 0 Å². The number of aromatic hydroxyl groups is 1. The van der Waals surface area contributed by atoms with Crippen LogP contribution < -0.4 is 0 Å². The quantitative estimate of drug-likeness (QED) is 0.775. The number of rotatable bonds is 2. The van der Waals surface area contributed by atoms with Gasteiger partial charge in [0, 0.05) is 17.7 Å². The van der Waals surface area contributed by atoms with Gasteiger partial charge in [-0.1, -0.05) is 53.3 Å². The number of phenolic OH excluding ortho intramolecular Hbond substituents is 1. The van der Waals surface area contributed by atoms with Crippen molar-refractivity contribution in [1.29, 1.82) is 0 Å². The fraction of sp³-hybridized carbons (Fsp3) is 0.550. The molecular weight excluding hydrogens is 318 g/mol. The maximum atomic E-state index is 12.4. The van der Waals surface area contributed by atoms with Gasteiger partial charge in [-0.05, 0) is 41.5 Å². The van der Waals surface area contributed by atoms with Crippen molar-refractivity contribution in [2.75, 3.05) is 12.4 Å². The molecule has 1 amide bonds. The second-order valence-electron chi connectivity index (χ2n) is 8.41. The van der Waals surface area contributed by atoms with Crippen LogP contribution in [-0.4, -0.2) is 28.3 Å². The van der Waals surface area contributed by atoms with Gasteiger partial charge >= 0.3 is 0 Å². The van der Waals surface area contributed by atoms with E-state index in [-0.39, 0.29) is 16.7 Å². The Bertz CT molecular complexity index is 643. The molecule has 1 fully saturated rings. The van der Waals surface area contributed by atoms with Gasteiger partial charge in [0.25, 0.3) is 5.91 Å². The third-order valence-corrected chi connectivity index (χ3v) is 5.35. The second kappa shape index (κ2) is 6.47. The molecule has 0 spiro atoms. The smallest absolute Gasteiger partial charge is 0.261 e. The van der Waals surface area contributed by atoms with Crippen molar-refractivity contribution >= 4 is 23.7 Å². The van der Waals surface area contributed by atoms with Crippen molar-refractivity contribution in [3.8, 4) is 5.75 Å². The molecule has 1 aliphatic heterocycles. The third-order valence-electron chi connectivity index (χ3n) is 4.30. The summed E-state index contributed by atoms with van der Waals surface area (Å²) in [6.07, 6.45) is 1.96. The minimum absolute atomic E-state index is 0.102. The van der Waals surface area contributed by atoms with Crippen molar-refractivity contribution < 1.29 is 9.90 Å². The van der Waals surface area contributed by atoms with Crippen molar-refractivity contribution in [2.24, 2.45) is 0 Å². The first-order chi connectivity index (χ1) is 10.9. The molecule has 4 heteroatoms. The van der Waals surface area contributed by atoms with Gasteiger partial charge in [-0.25, -0.2) is 0 Å². The van der Waals surface area contributed by atoms with Crippen LogP contribution in [0, 0.1) is 0 Å². The fourth-order valence-electron chi connectivity index (χ4n) is 2.80. The summed E-state index contributed by atoms with van der Waals surface area (Å²) in [5, 5.41) is 10.8. The lowest BCUT2D eigenvalue weighted by Crippen LogP contribution is -2.24. The van der Waals surface area contributed by atoms with Gasteiger partial charge in [0.2, 0.25) is 0 Å². The molecule has 0 atom stereocenters. The van der Waals surface area contributed by atoms with Gasteiger partial charge in [0.15, 0.2) is 0 Å². The van der Waals surface area contributed by atoms with E-state index in [1.54, 1.807) is 11.8 Å². The zero-order valence-corrected chi connectivity index (χ0v) is 16.7. The lowest BCUT2D eigenvalue weighted by molar-refractivity contribution is -0.124. The number of nitrogens with zero attached hydrogens (tertiary/aromatic N) is 1. The van der Waals surface area contributed by atoms with Gasteiger partial charge in [0.1, 0.15) is 5.75 Å². The van der Waals surface area contributed by atoms with E-state index in [0.29, 0.717) is 5.75 Å². The predicted molar refractivity (Wildman–Crippen MR) is 103 cm³/mol. The zero-order chi connectivity index (χ0) is 18.3. The summed E-state index contributed by atoms with van der Waals surface area (Å²) in [4.78, 5) is 15.0. The number of carbonyl (C=O) groups excluding carboxylic acids is 1. The number of hydrogen-bond acceptors (Lipinski definition) is 3. The number of benzene rings is 1. The van der Waals surface area contributed by atoms with Crippen LogP contribution in [0.2, 0.25) is 0 Å². The first-order valence-electron chi connectivity index (χ1n) is 8.47. The SMILES string of the molecule is CCN1CSC(=Cc2cc(C(C)(C)C)c(O)c(C(C)(C)C)c2)C1=O. The van der Waals surface area contributed by atoms with Gasteiger partial charge < -0.3 is 10.0 Å². The standard InChI is InChI=1S/C20H29NO2S/c1-8-21-12-24-16(18(21)23)11-13-9-14(19(2,3)4)17(22)15(10-13)20(5,6)7/h9-11,22H,8,12H2,1-7H3. The van der Waals surface area contributed by atoms with Crippen LogP contribution in [0.15, 0.2) is 17.0 Å². The molecule has 0 aliphatic carbocycles. The van der Waals surface area contributed by atoms with E-state index in [9.17, 15) is 9.90 Å². The van der Waals surface area contributed by atoms with E-state index in [1.807, 2.05) is 30.0 Å². The number of hydrogen-bond donors (Lipinski definition) is 1. The van der Waals surface area contributed by atoms with Crippen molar-refractivity contribution in [3.05, 3.63) is 33.7 Å². The van der Waals surface area contributed by atoms with Gasteiger partial charge in [-0.15, -0.1) is 0 Å². The molecule has 1 aromatic rings. The maximum Gasteiger partial charge on any atom is 0.261 e. The van der Waals surface area contributed by atoms with E-state index in [2.05, 4.69) is 41.5 Å². The Morgan fingerprint density at radius 2 is 1.62 bits per heavy atom. The summed E-state index contributed by atoms with van der Waals surface area (Å²) >= 11 is 1.58. The maximum absolute atomic E-state index is 12.4. The average Bonchev–Trinajstić information content (AvgIpc) is 2.78. The Labute approximate surface area is 150 Å². The number of thioether (sulfide) groups is 1. The molecule has 0 bridgehead atoms. The molecule has 0 aromatic heterocycles. The highest BCUT2D eigenvalue weighted by molar-refractivity contribution is 8.04. The lowest BCUT2D eigenvalue weighted by Gasteiger charge is -2.28. The highest BCUT2D eigenvalue weighted by Crippen LogP contribution is 2.41. The van der Waals surface area contributed by atoms with E-state index in [4.69, 9.17) is 0 Å². The Kier molecular flexibility index (Phi) is 5.10. The van der Waals surface area contributed by atoms with Crippen LogP contribution in [0.5, 0.6) is 5.75 Å². The van der Waals surface area contributed by atoms with E-state index >= 15 is 0 Å². The summed E-state index contributed by atoms with van der Waals surface area (Å²) in [7, 11) is 0. The number of likely N-dealkylation sites (N-methyl/N-ethyl adjacent to an activating group) is 1. The van der Waals surface area contributed by atoms with Crippen LogP contribution in [0.4, 0.5) is 0 Å². The molecule has 1 aliphatic rings. The largest absolute Gasteiger partial charge is 0.507 e. The zero-order valence-electron chi connectivity index (χ0n) is 15.9. The van der Waals surface area contributed by atoms with Crippen molar-refractivity contribution in [1.82, 2.24) is 4.90 Å². The first kappa shape index (κ1) is 18.9. The molecule has 1 N–H and O–H groups in total. The summed E-state index contributed by atoms with van der Waals surface area (Å²) in [5.74, 6) is 1.19. The lowest BCUT2D eigenvalue weighted by atomic mass is 9.78. The van der Waals surface area contributed by atoms with Crippen molar-refractivity contribution in [3.63, 3.8) is 0 Å². The number of carbonyl (C=O) groups is 1. The van der Waals surface area contributed by atoms with E-state index < -0.39 is 0 Å². The summed E-state index contributed by atoms with van der Waals surface area (Å²) < 4.78 is 0. The molecule has 0 saturated carbocycles. The molecule has 0 unspecified atom stereocenters. The molecule has 0 radical (unpaired) electrons. The monoisotopic (exact) mass is 347 g/mol. The van der Waals surface area contributed by atoms with Gasteiger partial charge in [-0.2, -0.15) is 0 Å². The second-order valence-corrected chi connectivity index (χ2v) is 9.39. The Hall–Kier alpha value is -1.42. The van der Waals surface area contributed by atoms with E-state index in [1.165, 1.54) is 0 Å². The minimum atomic E-state index is -0.166. The molecule has 132 valence electrons. The normalized spacial score (nSPS) is 17.9. The minimum Gasteiger partial charge on any atom is -0.507 e. The molecule has 2 rings (SSSR count). The summed E-state index contributed by atoms with van der Waals surface area (Å²) in [5.41, 5.74) is 2.49. The molecule has 24 heavy (non-hydrogen) atoms. The average molecular weight is 348 g/mol. The molecule has 1 aromatic carbocycles. The Morgan fingerprint density at radius 1 is 1.12 bits per heavy atom. The van der Waals surface area contributed by atoms with Crippen LogP contribution in [-0.2, 0) is 15.6 Å². The topological polar surface area (TPSA) is 40.5 Å². The van der Waals surface area contributed by atoms with Crippen LogP contribution in [0.1, 0.15) is 65.2 Å². The Morgan fingerprint density at radius 3 is 2.00 bits per heavy atom. The summed E-state index contributed by atoms with van der Waals surface area (Å²) in [6, 6.07) is 4.03. The van der Waals surface area contributed by atoms with Gasteiger partial charge in [0.05, 0.1) is 10.8 Å². The number of amides is 1. The molecule has 3 nitrogen and oxygen atoms in total. The van der Waals surface area contributed by atoms with E-state index in [0.717, 1.165) is 34.0 Å². The first-order valence-corrected chi connectivity index (χ1v) is 9.45. The molecule has 1 saturated heterocycles. The fourth-order valence-corrected chi connectivity index (χ4v) is 3.86. The Balaban J connectivity index is 2.58. The molecular formula is C20H29NO2S. The highest BCUT2D eigenvalue weighted by atomic mass is 32.2. The number of phenols is 1. The highest BCUT2D eigenvalue weighted by Gasteiger charge is 2.28. The van der Waals surface area contributed by atoms with Gasteiger partial charge in [-0.3, -0.25) is 4.79 Å². The predicted octanol–water partition coefficient (Wildman–Crippen LogP) is 4.88. The van der Waals surface area contributed by atoms with Crippen LogP contribution >= 0.6 is 11.8 Å². The molecule has 1 heterocycles. The van der Waals surface area contributed by atoms with Crippen LogP contribution in [0.25, 0.3) is 6.08 Å². The summed E-state index contributed by atoms with van der Waals surface area (Å²) in [6.45, 7) is 15.3.